The summed E-state index contributed by atoms with van der Waals surface area (Å²) in [5.41, 5.74) is 0. The van der Waals surface area contributed by atoms with Crippen molar-refractivity contribution < 1.29 is 19.1 Å². The van der Waals surface area contributed by atoms with Crippen LogP contribution in [0.5, 0.6) is 0 Å². The number of hydrogen-bond acceptors (Lipinski definition) is 5. The van der Waals surface area contributed by atoms with Gasteiger partial charge in [0, 0.05) is 12.8 Å². The van der Waals surface area contributed by atoms with Crippen LogP contribution >= 0.6 is 0 Å². The number of hydrogen-bond donors (Lipinski definition) is 0. The van der Waals surface area contributed by atoms with Gasteiger partial charge in [-0.25, -0.2) is 0 Å². The minimum atomic E-state index is -0.382. The standard InChI is InChI=1S/C11H17NO4/c1-3-15-10(13)7-9(2)8-11(14)16-6-4-5-12/h9H,3-4,6-8H2,1-2H3. The van der Waals surface area contributed by atoms with Gasteiger partial charge >= 0.3 is 11.9 Å². The van der Waals surface area contributed by atoms with Crippen molar-refractivity contribution in [3.63, 3.8) is 0 Å². The first-order chi connectivity index (χ1) is 7.60. The Morgan fingerprint density at radius 3 is 2.31 bits per heavy atom. The first-order valence-corrected chi connectivity index (χ1v) is 5.28. The zero-order chi connectivity index (χ0) is 12.4. The number of nitriles is 1. The Balaban J connectivity index is 3.70. The van der Waals surface area contributed by atoms with Crippen LogP contribution in [0.3, 0.4) is 0 Å². The Morgan fingerprint density at radius 2 is 1.81 bits per heavy atom. The maximum Gasteiger partial charge on any atom is 0.306 e. The summed E-state index contributed by atoms with van der Waals surface area (Å²) in [5, 5.41) is 8.24. The Kier molecular flexibility index (Phi) is 7.86. The van der Waals surface area contributed by atoms with Crippen LogP contribution in [-0.2, 0) is 19.1 Å². The number of esters is 2. The summed E-state index contributed by atoms with van der Waals surface area (Å²) >= 11 is 0. The summed E-state index contributed by atoms with van der Waals surface area (Å²) in [6.07, 6.45) is 0.573. The molecule has 16 heavy (non-hydrogen) atoms. The molecule has 0 aromatic heterocycles. The molecule has 1 unspecified atom stereocenters. The van der Waals surface area contributed by atoms with Crippen LogP contribution in [0.15, 0.2) is 0 Å². The molecule has 5 nitrogen and oxygen atoms in total. The van der Waals surface area contributed by atoms with Crippen molar-refractivity contribution in [2.24, 2.45) is 5.92 Å². The van der Waals surface area contributed by atoms with Crippen molar-refractivity contribution in [2.45, 2.75) is 33.1 Å². The normalized spacial score (nSPS) is 11.3. The Hall–Kier alpha value is -1.57. The van der Waals surface area contributed by atoms with Gasteiger partial charge in [0.15, 0.2) is 0 Å². The molecule has 0 aliphatic carbocycles. The Morgan fingerprint density at radius 1 is 1.25 bits per heavy atom. The quantitative estimate of drug-likeness (QED) is 0.485. The summed E-state index contributed by atoms with van der Waals surface area (Å²) in [6.45, 7) is 3.97. The lowest BCUT2D eigenvalue weighted by atomic mass is 10.0. The monoisotopic (exact) mass is 227 g/mol. The lowest BCUT2D eigenvalue weighted by Gasteiger charge is -2.09. The van der Waals surface area contributed by atoms with Gasteiger partial charge in [0.2, 0.25) is 0 Å². The van der Waals surface area contributed by atoms with Gasteiger partial charge in [-0.1, -0.05) is 6.92 Å². The molecule has 1 atom stereocenters. The summed E-state index contributed by atoms with van der Waals surface area (Å²) in [5.74, 6) is -0.791. The van der Waals surface area contributed by atoms with E-state index >= 15 is 0 Å². The molecule has 0 aliphatic heterocycles. The van der Waals surface area contributed by atoms with E-state index in [1.807, 2.05) is 6.07 Å². The third kappa shape index (κ3) is 7.80. The molecule has 0 radical (unpaired) electrons. The molecular weight excluding hydrogens is 210 g/mol. The molecule has 0 heterocycles. The van der Waals surface area contributed by atoms with Crippen LogP contribution in [0.2, 0.25) is 0 Å². The minimum absolute atomic E-state index is 0.103. The lowest BCUT2D eigenvalue weighted by Crippen LogP contribution is -2.14. The highest BCUT2D eigenvalue weighted by atomic mass is 16.5. The Labute approximate surface area is 95.3 Å². The van der Waals surface area contributed by atoms with Crippen molar-refractivity contribution in [3.8, 4) is 6.07 Å². The third-order valence-corrected chi connectivity index (χ3v) is 1.81. The topological polar surface area (TPSA) is 76.4 Å². The van der Waals surface area contributed by atoms with Crippen LogP contribution in [0.1, 0.15) is 33.1 Å². The molecule has 0 aromatic carbocycles. The molecule has 0 amide bonds. The molecule has 0 N–H and O–H groups in total. The van der Waals surface area contributed by atoms with Crippen molar-refractivity contribution in [1.29, 1.82) is 5.26 Å². The van der Waals surface area contributed by atoms with E-state index in [-0.39, 0.29) is 43.7 Å². The molecule has 90 valence electrons. The van der Waals surface area contributed by atoms with E-state index in [1.165, 1.54) is 0 Å². The molecule has 0 rings (SSSR count). The first-order valence-electron chi connectivity index (χ1n) is 5.28. The number of rotatable bonds is 7. The second-order valence-corrected chi connectivity index (χ2v) is 3.45. The van der Waals surface area contributed by atoms with Gasteiger partial charge in [-0.05, 0) is 12.8 Å². The average molecular weight is 227 g/mol. The predicted octanol–water partition coefficient (Wildman–Crippen LogP) is 1.42. The number of carbonyl (C=O) groups excluding carboxylic acids is 2. The van der Waals surface area contributed by atoms with Gasteiger partial charge in [0.1, 0.15) is 6.61 Å². The molecule has 0 aromatic rings. The summed E-state index contributed by atoms with van der Waals surface area (Å²) in [4.78, 5) is 22.3. The van der Waals surface area contributed by atoms with E-state index < -0.39 is 0 Å². The molecule has 0 saturated carbocycles. The zero-order valence-corrected chi connectivity index (χ0v) is 9.69. The van der Waals surface area contributed by atoms with Gasteiger partial charge in [0.25, 0.3) is 0 Å². The molecule has 0 fully saturated rings. The molecule has 0 aliphatic rings. The van der Waals surface area contributed by atoms with Crippen LogP contribution in [0.4, 0.5) is 0 Å². The summed E-state index contributed by atoms with van der Waals surface area (Å²) in [7, 11) is 0. The lowest BCUT2D eigenvalue weighted by molar-refractivity contribution is -0.146. The van der Waals surface area contributed by atoms with E-state index in [0.29, 0.717) is 6.61 Å². The third-order valence-electron chi connectivity index (χ3n) is 1.81. The van der Waals surface area contributed by atoms with Gasteiger partial charge in [-0.15, -0.1) is 0 Å². The highest BCUT2D eigenvalue weighted by Crippen LogP contribution is 2.09. The summed E-state index contributed by atoms with van der Waals surface area (Å²) < 4.78 is 9.54. The maximum atomic E-state index is 11.2. The van der Waals surface area contributed by atoms with Crippen LogP contribution in [0.25, 0.3) is 0 Å². The molecule has 0 spiro atoms. The van der Waals surface area contributed by atoms with E-state index in [0.717, 1.165) is 0 Å². The van der Waals surface area contributed by atoms with E-state index in [4.69, 9.17) is 14.7 Å². The fourth-order valence-corrected chi connectivity index (χ4v) is 1.13. The number of ether oxygens (including phenoxy) is 2. The van der Waals surface area contributed by atoms with Crippen LogP contribution in [-0.4, -0.2) is 25.2 Å². The van der Waals surface area contributed by atoms with Gasteiger partial charge in [-0.3, -0.25) is 9.59 Å². The first kappa shape index (κ1) is 14.4. The Bertz CT molecular complexity index is 270. The second kappa shape index (κ2) is 8.72. The van der Waals surface area contributed by atoms with E-state index in [9.17, 15) is 9.59 Å². The SMILES string of the molecule is CCOC(=O)CC(C)CC(=O)OCCC#N. The number of carbonyl (C=O) groups is 2. The van der Waals surface area contributed by atoms with Crippen molar-refractivity contribution in [1.82, 2.24) is 0 Å². The van der Waals surface area contributed by atoms with Crippen LogP contribution in [0, 0.1) is 17.2 Å². The van der Waals surface area contributed by atoms with E-state index in [2.05, 4.69) is 0 Å². The fourth-order valence-electron chi connectivity index (χ4n) is 1.13. The number of nitrogens with zero attached hydrogens (tertiary/aromatic N) is 1. The molecule has 0 bridgehead atoms. The van der Waals surface area contributed by atoms with E-state index in [1.54, 1.807) is 13.8 Å². The largest absolute Gasteiger partial charge is 0.466 e. The minimum Gasteiger partial charge on any atom is -0.466 e. The zero-order valence-electron chi connectivity index (χ0n) is 9.69. The highest BCUT2D eigenvalue weighted by molar-refractivity contribution is 5.73. The van der Waals surface area contributed by atoms with Gasteiger partial charge in [0.05, 0.1) is 19.1 Å². The van der Waals surface area contributed by atoms with Gasteiger partial charge < -0.3 is 9.47 Å². The summed E-state index contributed by atoms with van der Waals surface area (Å²) in [6, 6.07) is 1.87. The van der Waals surface area contributed by atoms with Crippen molar-refractivity contribution >= 4 is 11.9 Å². The maximum absolute atomic E-state index is 11.2. The second-order valence-electron chi connectivity index (χ2n) is 3.45. The molecular formula is C11H17NO4. The average Bonchev–Trinajstić information content (AvgIpc) is 2.17. The van der Waals surface area contributed by atoms with Crippen LogP contribution < -0.4 is 0 Å². The molecule has 0 saturated heterocycles. The predicted molar refractivity (Wildman–Crippen MR) is 56.2 cm³/mol. The molecule has 5 heteroatoms. The highest BCUT2D eigenvalue weighted by Gasteiger charge is 2.14. The van der Waals surface area contributed by atoms with Crippen molar-refractivity contribution in [3.05, 3.63) is 0 Å². The smallest absolute Gasteiger partial charge is 0.306 e. The van der Waals surface area contributed by atoms with Crippen molar-refractivity contribution in [2.75, 3.05) is 13.2 Å². The fraction of sp³-hybridized carbons (Fsp3) is 0.727. The van der Waals surface area contributed by atoms with Gasteiger partial charge in [-0.2, -0.15) is 5.26 Å².